The fourth-order valence-corrected chi connectivity index (χ4v) is 4.59. The van der Waals surface area contributed by atoms with Crippen molar-refractivity contribution in [2.45, 2.75) is 65.2 Å². The molecule has 5 N–H and O–H groups in total. The highest BCUT2D eigenvalue weighted by Crippen LogP contribution is 2.48. The number of imidazole rings is 1. The van der Waals surface area contributed by atoms with Crippen molar-refractivity contribution < 1.29 is 23.6 Å². The largest absolute Gasteiger partial charge is 0.483 e. The second kappa shape index (κ2) is 10.5. The highest BCUT2D eigenvalue weighted by atomic mass is 19.2. The molecule has 1 atom stereocenters. The molecule has 0 saturated heterocycles. The summed E-state index contributed by atoms with van der Waals surface area (Å²) in [6, 6.07) is 6.32. The van der Waals surface area contributed by atoms with Crippen molar-refractivity contribution in [1.82, 2.24) is 14.7 Å². The highest BCUT2D eigenvalue weighted by Gasteiger charge is 2.48. The Hall–Kier alpha value is -3.30. The second-order valence-corrected chi connectivity index (χ2v) is 11.2. The number of hydrogen-bond acceptors (Lipinski definition) is 5. The molecule has 0 bridgehead atoms. The van der Waals surface area contributed by atoms with E-state index < -0.39 is 28.8 Å². The average Bonchev–Trinajstić information content (AvgIpc) is 3.53. The van der Waals surface area contributed by atoms with Gasteiger partial charge in [-0.25, -0.2) is 14.4 Å². The Morgan fingerprint density at radius 3 is 2.58 bits per heavy atom. The first-order valence-electron chi connectivity index (χ1n) is 12.9. The zero-order valence-electron chi connectivity index (χ0n) is 23.0. The van der Waals surface area contributed by atoms with Gasteiger partial charge in [0.15, 0.2) is 17.3 Å². The number of benzene rings is 1. The van der Waals surface area contributed by atoms with Crippen LogP contribution in [0.2, 0.25) is 0 Å². The van der Waals surface area contributed by atoms with E-state index in [1.165, 1.54) is 0 Å². The van der Waals surface area contributed by atoms with Gasteiger partial charge >= 0.3 is 0 Å². The van der Waals surface area contributed by atoms with Crippen LogP contribution in [0, 0.1) is 17.0 Å². The highest BCUT2D eigenvalue weighted by molar-refractivity contribution is 5.94. The molecule has 0 amide bonds. The van der Waals surface area contributed by atoms with E-state index in [0.717, 1.165) is 28.7 Å². The van der Waals surface area contributed by atoms with Gasteiger partial charge in [-0.3, -0.25) is 0 Å². The summed E-state index contributed by atoms with van der Waals surface area (Å²) in [5.74, 6) is -2.14. The van der Waals surface area contributed by atoms with Gasteiger partial charge in [0.2, 0.25) is 5.82 Å². The molecule has 0 radical (unpaired) electrons. The number of halogens is 2. The monoisotopic (exact) mass is 526 g/mol. The Morgan fingerprint density at radius 2 is 1.97 bits per heavy atom. The van der Waals surface area contributed by atoms with Crippen molar-refractivity contribution in [3.8, 4) is 16.9 Å². The van der Waals surface area contributed by atoms with Gasteiger partial charge in [-0.15, -0.1) is 0 Å². The van der Waals surface area contributed by atoms with Crippen LogP contribution in [0.1, 0.15) is 52.7 Å². The number of nitrogens with zero attached hydrogens (tertiary/aromatic N) is 2. The SMILES string of the molecule is CNCc1cnc2ccc(-c3ccc(F)c(F)c3OC3(C/C(C(C)=[NH+]C)=C(/N)C(O)C(C)(C)C)CC3)cn12. The molecule has 0 aliphatic heterocycles. The van der Waals surface area contributed by atoms with E-state index in [1.54, 1.807) is 19.3 Å². The summed E-state index contributed by atoms with van der Waals surface area (Å²) >= 11 is 0. The zero-order chi connectivity index (χ0) is 27.8. The second-order valence-electron chi connectivity index (χ2n) is 11.2. The quantitative estimate of drug-likeness (QED) is 0.321. The van der Waals surface area contributed by atoms with Crippen LogP contribution in [0.3, 0.4) is 0 Å². The van der Waals surface area contributed by atoms with Crippen LogP contribution in [-0.2, 0) is 6.54 Å². The summed E-state index contributed by atoms with van der Waals surface area (Å²) in [7, 11) is 3.63. The zero-order valence-corrected chi connectivity index (χ0v) is 23.0. The lowest BCUT2D eigenvalue weighted by Gasteiger charge is -2.29. The molecule has 4 rings (SSSR count). The van der Waals surface area contributed by atoms with Crippen molar-refractivity contribution >= 4 is 11.4 Å². The van der Waals surface area contributed by atoms with Crippen molar-refractivity contribution in [3.05, 3.63) is 65.3 Å². The summed E-state index contributed by atoms with van der Waals surface area (Å²) < 4.78 is 38.1. The Bertz CT molecular complexity index is 1400. The molecule has 2 aromatic heterocycles. The molecule has 2 heterocycles. The van der Waals surface area contributed by atoms with E-state index in [4.69, 9.17) is 10.5 Å². The van der Waals surface area contributed by atoms with Crippen LogP contribution < -0.4 is 20.8 Å². The molecule has 7 nitrogen and oxygen atoms in total. The van der Waals surface area contributed by atoms with Crippen LogP contribution in [0.4, 0.5) is 8.78 Å². The van der Waals surface area contributed by atoms with Gasteiger partial charge in [0.05, 0.1) is 18.0 Å². The van der Waals surface area contributed by atoms with E-state index in [1.807, 2.05) is 57.5 Å². The minimum atomic E-state index is -1.03. The van der Waals surface area contributed by atoms with Crippen LogP contribution in [0.5, 0.6) is 5.75 Å². The molecule has 1 aromatic carbocycles. The fourth-order valence-electron chi connectivity index (χ4n) is 4.59. The van der Waals surface area contributed by atoms with Gasteiger partial charge in [0, 0.05) is 48.5 Å². The van der Waals surface area contributed by atoms with Gasteiger partial charge in [-0.05, 0) is 49.6 Å². The summed E-state index contributed by atoms with van der Waals surface area (Å²) in [5.41, 5.74) is 9.92. The molecule has 1 saturated carbocycles. The predicted molar refractivity (Wildman–Crippen MR) is 145 cm³/mol. The normalized spacial score (nSPS) is 16.9. The lowest BCUT2D eigenvalue weighted by Crippen LogP contribution is -2.68. The molecule has 1 aliphatic carbocycles. The van der Waals surface area contributed by atoms with Crippen LogP contribution in [0.15, 0.2) is 47.9 Å². The average molecular weight is 527 g/mol. The fraction of sp³-hybridized carbons (Fsp3) is 0.448. The van der Waals surface area contributed by atoms with Crippen molar-refractivity contribution in [1.29, 1.82) is 0 Å². The van der Waals surface area contributed by atoms with E-state index in [2.05, 4.69) is 15.3 Å². The van der Waals surface area contributed by atoms with Gasteiger partial charge < -0.3 is 25.3 Å². The number of pyridine rings is 1. The Morgan fingerprint density at radius 1 is 1.26 bits per heavy atom. The third kappa shape index (κ3) is 5.44. The third-order valence-corrected chi connectivity index (χ3v) is 7.22. The summed E-state index contributed by atoms with van der Waals surface area (Å²) in [6.45, 7) is 8.22. The Kier molecular flexibility index (Phi) is 7.63. The lowest BCUT2D eigenvalue weighted by molar-refractivity contribution is -0.419. The van der Waals surface area contributed by atoms with Crippen molar-refractivity contribution in [2.24, 2.45) is 11.1 Å². The summed E-state index contributed by atoms with van der Waals surface area (Å²) in [4.78, 5) is 7.53. The molecule has 0 spiro atoms. The molecule has 38 heavy (non-hydrogen) atoms. The van der Waals surface area contributed by atoms with Gasteiger partial charge in [0.25, 0.3) is 0 Å². The first kappa shape index (κ1) is 27.7. The van der Waals surface area contributed by atoms with Crippen LogP contribution in [0.25, 0.3) is 16.8 Å². The van der Waals surface area contributed by atoms with Crippen molar-refractivity contribution in [2.75, 3.05) is 14.1 Å². The Labute approximate surface area is 222 Å². The molecule has 3 aromatic rings. The van der Waals surface area contributed by atoms with Gasteiger partial charge in [-0.1, -0.05) is 20.8 Å². The molecular weight excluding hydrogens is 488 g/mol. The van der Waals surface area contributed by atoms with Crippen LogP contribution >= 0.6 is 0 Å². The first-order chi connectivity index (χ1) is 17.9. The number of aliphatic hydroxyl groups is 1. The number of fused-ring (bicyclic) bond motifs is 1. The smallest absolute Gasteiger partial charge is 0.201 e. The first-order valence-corrected chi connectivity index (χ1v) is 12.9. The third-order valence-electron chi connectivity index (χ3n) is 7.22. The maximum atomic E-state index is 15.3. The van der Waals surface area contributed by atoms with Crippen molar-refractivity contribution in [3.63, 3.8) is 0 Å². The number of hydrogen-bond donors (Lipinski definition) is 4. The van der Waals surface area contributed by atoms with E-state index in [0.29, 0.717) is 42.6 Å². The van der Waals surface area contributed by atoms with Gasteiger partial charge in [0.1, 0.15) is 18.3 Å². The van der Waals surface area contributed by atoms with Crippen LogP contribution in [-0.4, -0.2) is 46.0 Å². The predicted octanol–water partition coefficient (Wildman–Crippen LogP) is 3.09. The molecule has 1 fully saturated rings. The minimum absolute atomic E-state index is 0.131. The van der Waals surface area contributed by atoms with E-state index in [-0.39, 0.29) is 5.75 Å². The van der Waals surface area contributed by atoms with Gasteiger partial charge in [-0.2, -0.15) is 4.39 Å². The standard InChI is InChI=1S/C29H37F2N5O2/c1-17(34-6)21(25(32)27(37)28(2,3)4)13-29(11-12-29)38-26-20(8-9-22(30)24(26)31)18-7-10-23-35-15-19(14-33-5)36(23)16-18/h7-10,15-16,27,33,37H,11-14,32H2,1-6H3/p+1/b25-21-,34-17?. The lowest BCUT2D eigenvalue weighted by atomic mass is 9.84. The topological polar surface area (TPSA) is 98.8 Å². The number of rotatable bonds is 9. The molecule has 9 heteroatoms. The Balaban J connectivity index is 1.75. The number of ether oxygens (including phenoxy) is 1. The molecular formula is C29H38F2N5O2+. The maximum Gasteiger partial charge on any atom is 0.201 e. The summed E-state index contributed by atoms with van der Waals surface area (Å²) in [5, 5.41) is 14.0. The molecule has 204 valence electrons. The number of nitrogens with one attached hydrogen (secondary N) is 2. The minimum Gasteiger partial charge on any atom is -0.483 e. The number of aromatic nitrogens is 2. The summed E-state index contributed by atoms with van der Waals surface area (Å²) in [6.07, 6.45) is 4.40. The number of nitrogens with two attached hydrogens (primary N) is 1. The van der Waals surface area contributed by atoms with E-state index in [9.17, 15) is 9.50 Å². The molecule has 1 unspecified atom stereocenters. The maximum absolute atomic E-state index is 15.3. The number of aliphatic hydroxyl groups excluding tert-OH is 1. The van der Waals surface area contributed by atoms with E-state index >= 15 is 4.39 Å². The molecule has 1 aliphatic rings.